The molecule has 0 saturated carbocycles. The molecule has 0 amide bonds. The number of nitrogens with one attached hydrogen (secondary N) is 2. The molecule has 39 heavy (non-hydrogen) atoms. The fourth-order valence-corrected chi connectivity index (χ4v) is 4.38. The van der Waals surface area contributed by atoms with Crippen molar-refractivity contribution >= 4 is 68.2 Å². The number of β-amino-alcohol motifs (C(OH)–C–C–N with tert-alkyl or cyclic N) is 2. The molecule has 0 aromatic heterocycles. The second-order valence-electron chi connectivity index (χ2n) is 10.3. The number of aliphatic hydroxyl groups is 2. The van der Waals surface area contributed by atoms with Gasteiger partial charge in [0.05, 0.1) is 43.7 Å². The maximum atomic E-state index is 10.6. The van der Waals surface area contributed by atoms with Crippen molar-refractivity contribution in [2.75, 3.05) is 24.6 Å². The molecule has 0 aliphatic heterocycles. The zero-order chi connectivity index (χ0) is 30.3. The minimum atomic E-state index is -4.67. The molecule has 0 heterocycles. The number of anilines is 2. The molecule has 15 heteroatoms. The maximum absolute atomic E-state index is 10.6. The van der Waals surface area contributed by atoms with Crippen LogP contribution in [0.15, 0.2) is 24.3 Å². The number of nitrogens with two attached hydrogens (primary N) is 2. The predicted octanol–water partition coefficient (Wildman–Crippen LogP) is 5.10. The highest BCUT2D eigenvalue weighted by atomic mass is 35.5. The van der Waals surface area contributed by atoms with Gasteiger partial charge in [-0.05, 0) is 75.9 Å². The molecule has 2 atom stereocenters. The van der Waals surface area contributed by atoms with Crippen LogP contribution in [-0.2, 0) is 10.4 Å². The van der Waals surface area contributed by atoms with E-state index in [2.05, 4.69) is 38.3 Å². The van der Waals surface area contributed by atoms with E-state index in [-0.39, 0.29) is 11.1 Å². The molecule has 2 aromatic rings. The molecular weight excluding hydrogens is 614 g/mol. The summed E-state index contributed by atoms with van der Waals surface area (Å²) < 4.78 is 31.6. The molecule has 0 radical (unpaired) electrons. The molecule has 222 valence electrons. The van der Waals surface area contributed by atoms with E-state index in [1.807, 2.05) is 0 Å². The molecule has 2 rings (SSSR count). The second kappa shape index (κ2) is 14.7. The molecule has 0 saturated heterocycles. The molecule has 10 N–H and O–H groups in total. The van der Waals surface area contributed by atoms with E-state index in [1.165, 1.54) is 0 Å². The molecule has 0 bridgehead atoms. The van der Waals surface area contributed by atoms with Gasteiger partial charge in [-0.3, -0.25) is 9.11 Å². The quantitative estimate of drug-likeness (QED) is 0.120. The number of rotatable bonds is 11. The smallest absolute Gasteiger partial charge is 0.394 e. The van der Waals surface area contributed by atoms with Gasteiger partial charge < -0.3 is 32.3 Å². The average molecular weight is 650 g/mol. The van der Waals surface area contributed by atoms with Crippen LogP contribution in [0, 0.1) is 0 Å². The average Bonchev–Trinajstić information content (AvgIpc) is 2.80. The lowest BCUT2D eigenvalue weighted by atomic mass is 9.89. The summed E-state index contributed by atoms with van der Waals surface area (Å²) in [6, 6.07) is 6.51. The number of hydrogen-bond donors (Lipinski definition) is 8. The Kier molecular flexibility index (Phi) is 13.5. The fraction of sp³-hybridized carbons (Fsp3) is 0.500. The van der Waals surface area contributed by atoms with Crippen molar-refractivity contribution in [3.05, 3.63) is 55.5 Å². The highest BCUT2D eigenvalue weighted by molar-refractivity contribution is 7.79. The van der Waals surface area contributed by atoms with Crippen LogP contribution in [0.1, 0.15) is 63.9 Å². The molecule has 0 aliphatic rings. The van der Waals surface area contributed by atoms with Gasteiger partial charge in [-0.15, -0.1) is 0 Å². The molecule has 2 unspecified atom stereocenters. The van der Waals surface area contributed by atoms with Crippen molar-refractivity contribution in [1.29, 1.82) is 0 Å². The molecular formula is C24H36Cl4N4O6S. The minimum absolute atomic E-state index is 0.252. The SMILES string of the molecule is CC(C)(CCC(C)(C)NCC(O)c1cc(Cl)c(N)c(Cl)c1)NCC(O)c1cc(Cl)c(N)c(Cl)c1.O=S(=O)(O)O. The van der Waals surface area contributed by atoms with E-state index < -0.39 is 22.6 Å². The van der Waals surface area contributed by atoms with Crippen LogP contribution < -0.4 is 22.1 Å². The Hall–Kier alpha value is -1.09. The van der Waals surface area contributed by atoms with E-state index in [1.54, 1.807) is 24.3 Å². The van der Waals surface area contributed by atoms with Crippen molar-refractivity contribution in [3.63, 3.8) is 0 Å². The summed E-state index contributed by atoms with van der Waals surface area (Å²) in [7, 11) is -4.67. The molecule has 0 aliphatic carbocycles. The zero-order valence-electron chi connectivity index (χ0n) is 22.0. The van der Waals surface area contributed by atoms with E-state index >= 15 is 0 Å². The van der Waals surface area contributed by atoms with E-state index in [0.717, 1.165) is 12.8 Å². The van der Waals surface area contributed by atoms with E-state index in [0.29, 0.717) is 55.7 Å². The summed E-state index contributed by atoms with van der Waals surface area (Å²) >= 11 is 24.3. The van der Waals surface area contributed by atoms with Crippen LogP contribution in [0.5, 0.6) is 0 Å². The summed E-state index contributed by atoms with van der Waals surface area (Å²) in [4.78, 5) is 0. The van der Waals surface area contributed by atoms with Gasteiger partial charge in [0.1, 0.15) is 0 Å². The predicted molar refractivity (Wildman–Crippen MR) is 159 cm³/mol. The third kappa shape index (κ3) is 13.4. The van der Waals surface area contributed by atoms with Gasteiger partial charge in [-0.25, -0.2) is 0 Å². The van der Waals surface area contributed by atoms with Crippen LogP contribution in [0.25, 0.3) is 0 Å². The number of benzene rings is 2. The first-order valence-electron chi connectivity index (χ1n) is 11.7. The lowest BCUT2D eigenvalue weighted by Crippen LogP contribution is -2.46. The van der Waals surface area contributed by atoms with Crippen molar-refractivity contribution in [1.82, 2.24) is 10.6 Å². The van der Waals surface area contributed by atoms with Crippen LogP contribution in [0.2, 0.25) is 20.1 Å². The Morgan fingerprint density at radius 2 is 0.949 bits per heavy atom. The summed E-state index contributed by atoms with van der Waals surface area (Å²) in [5.74, 6) is 0. The monoisotopic (exact) mass is 648 g/mol. The first-order valence-corrected chi connectivity index (χ1v) is 14.6. The molecule has 2 aromatic carbocycles. The van der Waals surface area contributed by atoms with Gasteiger partial charge in [0.2, 0.25) is 0 Å². The van der Waals surface area contributed by atoms with E-state index in [9.17, 15) is 10.2 Å². The summed E-state index contributed by atoms with van der Waals surface area (Å²) in [5, 5.41) is 29.2. The minimum Gasteiger partial charge on any atom is -0.396 e. The van der Waals surface area contributed by atoms with E-state index in [4.69, 9.17) is 75.4 Å². The first-order chi connectivity index (χ1) is 17.6. The van der Waals surface area contributed by atoms with Gasteiger partial charge in [-0.2, -0.15) is 8.42 Å². The lowest BCUT2D eigenvalue weighted by Gasteiger charge is -2.34. The van der Waals surface area contributed by atoms with Gasteiger partial charge in [0.25, 0.3) is 0 Å². The van der Waals surface area contributed by atoms with Crippen LogP contribution in [0.3, 0.4) is 0 Å². The Bertz CT molecular complexity index is 1100. The highest BCUT2D eigenvalue weighted by Crippen LogP contribution is 2.32. The molecule has 0 fully saturated rings. The lowest BCUT2D eigenvalue weighted by molar-refractivity contribution is 0.148. The Labute approximate surface area is 249 Å². The van der Waals surface area contributed by atoms with Crippen molar-refractivity contribution < 1.29 is 27.7 Å². The third-order valence-electron chi connectivity index (χ3n) is 5.90. The maximum Gasteiger partial charge on any atom is 0.394 e. The van der Waals surface area contributed by atoms with Crippen molar-refractivity contribution in [2.24, 2.45) is 0 Å². The number of nitrogen functional groups attached to an aromatic ring is 2. The highest BCUT2D eigenvalue weighted by Gasteiger charge is 2.26. The van der Waals surface area contributed by atoms with Crippen LogP contribution in [-0.4, -0.2) is 51.9 Å². The summed E-state index contributed by atoms with van der Waals surface area (Å²) in [6.07, 6.45) is 0.0708. The Morgan fingerprint density at radius 3 is 1.18 bits per heavy atom. The number of halogens is 4. The van der Waals surface area contributed by atoms with Gasteiger partial charge in [0, 0.05) is 24.2 Å². The molecule has 10 nitrogen and oxygen atoms in total. The standard InChI is InChI=1S/C24H34Cl4N4O2.H2O4S/c1-23(2,31-11-19(33)13-7-15(25)21(29)16(26)8-13)5-6-24(3,4)32-12-20(34)14-9-17(27)22(30)18(28)10-14;1-5(2,3)4/h7-10,19-20,31-34H,5-6,11-12,29-30H2,1-4H3;(H2,1,2,3,4). The first kappa shape index (κ1) is 35.9. The number of aliphatic hydroxyl groups excluding tert-OH is 2. The van der Waals surface area contributed by atoms with Gasteiger partial charge in [-0.1, -0.05) is 46.4 Å². The summed E-state index contributed by atoms with van der Waals surface area (Å²) in [6.45, 7) is 8.96. The number of hydrogen-bond acceptors (Lipinski definition) is 8. The molecule has 0 spiro atoms. The largest absolute Gasteiger partial charge is 0.396 e. The van der Waals surface area contributed by atoms with Crippen LogP contribution in [0.4, 0.5) is 11.4 Å². The topological polar surface area (TPSA) is 191 Å². The second-order valence-corrected chi connectivity index (χ2v) is 12.8. The Morgan fingerprint density at radius 1 is 0.718 bits per heavy atom. The van der Waals surface area contributed by atoms with Crippen molar-refractivity contribution in [2.45, 2.75) is 63.8 Å². The van der Waals surface area contributed by atoms with Gasteiger partial charge in [0.15, 0.2) is 0 Å². The normalized spacial score (nSPS) is 13.9. The summed E-state index contributed by atoms with van der Waals surface area (Å²) in [5.41, 5.74) is 12.8. The Balaban J connectivity index is 0.00000139. The third-order valence-corrected chi connectivity index (χ3v) is 7.15. The zero-order valence-corrected chi connectivity index (χ0v) is 25.8. The van der Waals surface area contributed by atoms with Crippen molar-refractivity contribution in [3.8, 4) is 0 Å². The van der Waals surface area contributed by atoms with Crippen LogP contribution >= 0.6 is 46.4 Å². The fourth-order valence-electron chi connectivity index (χ4n) is 3.38. The van der Waals surface area contributed by atoms with Gasteiger partial charge >= 0.3 is 10.4 Å².